The van der Waals surface area contributed by atoms with Crippen LogP contribution < -0.4 is 10.6 Å². The van der Waals surface area contributed by atoms with Gasteiger partial charge >= 0.3 is 0 Å². The average molecular weight is 214 g/mol. The van der Waals surface area contributed by atoms with E-state index in [0.29, 0.717) is 19.1 Å². The van der Waals surface area contributed by atoms with Gasteiger partial charge in [-0.3, -0.25) is 4.79 Å². The van der Waals surface area contributed by atoms with Crippen LogP contribution in [0.4, 0.5) is 0 Å². The number of amides is 1. The Balaban J connectivity index is 2.15. The lowest BCUT2D eigenvalue weighted by Crippen LogP contribution is -2.48. The Hall–Kier alpha value is -0.610. The number of ether oxygens (including phenoxy) is 1. The Morgan fingerprint density at radius 1 is 1.60 bits per heavy atom. The first-order valence-electron chi connectivity index (χ1n) is 5.74. The molecule has 1 amide bonds. The average Bonchev–Trinajstić information content (AvgIpc) is 2.24. The topological polar surface area (TPSA) is 50.4 Å². The Morgan fingerprint density at radius 2 is 2.40 bits per heavy atom. The van der Waals surface area contributed by atoms with Gasteiger partial charge in [0.25, 0.3) is 0 Å². The molecule has 0 aromatic rings. The van der Waals surface area contributed by atoms with Crippen LogP contribution >= 0.6 is 0 Å². The summed E-state index contributed by atoms with van der Waals surface area (Å²) in [5.41, 5.74) is 0. The molecule has 0 aromatic carbocycles. The molecule has 1 fully saturated rings. The van der Waals surface area contributed by atoms with E-state index in [1.54, 1.807) is 7.11 Å². The second-order valence-corrected chi connectivity index (χ2v) is 4.27. The van der Waals surface area contributed by atoms with E-state index in [9.17, 15) is 4.79 Å². The molecule has 1 heterocycles. The van der Waals surface area contributed by atoms with Gasteiger partial charge in [0.1, 0.15) is 0 Å². The first-order chi connectivity index (χ1) is 7.24. The molecule has 88 valence electrons. The van der Waals surface area contributed by atoms with Crippen molar-refractivity contribution >= 4 is 5.91 Å². The number of hydrogen-bond donors (Lipinski definition) is 2. The summed E-state index contributed by atoms with van der Waals surface area (Å²) in [7, 11) is 1.67. The Labute approximate surface area is 91.8 Å². The lowest BCUT2D eigenvalue weighted by atomic mass is 9.94. The molecule has 0 radical (unpaired) electrons. The third-order valence-electron chi connectivity index (χ3n) is 2.81. The summed E-state index contributed by atoms with van der Waals surface area (Å²) in [5, 5.41) is 6.17. The first-order valence-corrected chi connectivity index (χ1v) is 5.74. The van der Waals surface area contributed by atoms with Gasteiger partial charge in [-0.2, -0.15) is 0 Å². The number of carbonyl (C=O) groups excluding carboxylic acids is 1. The van der Waals surface area contributed by atoms with E-state index in [0.717, 1.165) is 19.4 Å². The fraction of sp³-hybridized carbons (Fsp3) is 0.909. The van der Waals surface area contributed by atoms with Gasteiger partial charge in [-0.1, -0.05) is 6.92 Å². The number of piperidine rings is 1. The van der Waals surface area contributed by atoms with Crippen molar-refractivity contribution in [2.24, 2.45) is 5.92 Å². The van der Waals surface area contributed by atoms with Crippen LogP contribution in [0.15, 0.2) is 0 Å². The van der Waals surface area contributed by atoms with Crippen molar-refractivity contribution in [2.75, 3.05) is 26.8 Å². The largest absolute Gasteiger partial charge is 0.385 e. The van der Waals surface area contributed by atoms with Crippen LogP contribution in [0, 0.1) is 5.92 Å². The Bertz CT molecular complexity index is 197. The van der Waals surface area contributed by atoms with E-state index >= 15 is 0 Å². The minimum absolute atomic E-state index is 0.0105. The number of methoxy groups -OCH3 is 1. The quantitative estimate of drug-likeness (QED) is 0.656. The molecule has 1 aliphatic heterocycles. The fourth-order valence-corrected chi connectivity index (χ4v) is 1.86. The zero-order chi connectivity index (χ0) is 11.1. The monoisotopic (exact) mass is 214 g/mol. The summed E-state index contributed by atoms with van der Waals surface area (Å²) in [6, 6.07) is 0.0105. The molecule has 4 nitrogen and oxygen atoms in total. The van der Waals surface area contributed by atoms with Gasteiger partial charge in [-0.25, -0.2) is 0 Å². The van der Waals surface area contributed by atoms with Crippen LogP contribution in [-0.2, 0) is 9.53 Å². The third kappa shape index (κ3) is 4.62. The zero-order valence-electron chi connectivity index (χ0n) is 9.71. The molecule has 0 saturated carbocycles. The van der Waals surface area contributed by atoms with Crippen LogP contribution in [0.2, 0.25) is 0 Å². The van der Waals surface area contributed by atoms with Crippen LogP contribution in [0.1, 0.15) is 26.2 Å². The number of rotatable bonds is 5. The van der Waals surface area contributed by atoms with Crippen molar-refractivity contribution in [1.82, 2.24) is 10.6 Å². The van der Waals surface area contributed by atoms with Crippen molar-refractivity contribution in [2.45, 2.75) is 32.2 Å². The van der Waals surface area contributed by atoms with Crippen LogP contribution in [0.25, 0.3) is 0 Å². The highest BCUT2D eigenvalue weighted by Gasteiger charge is 2.23. The van der Waals surface area contributed by atoms with Gasteiger partial charge < -0.3 is 15.4 Å². The Kier molecular flexibility index (Phi) is 5.65. The maximum Gasteiger partial charge on any atom is 0.237 e. The highest BCUT2D eigenvalue weighted by atomic mass is 16.5. The van der Waals surface area contributed by atoms with Crippen LogP contribution in [0.3, 0.4) is 0 Å². The summed E-state index contributed by atoms with van der Waals surface area (Å²) in [5.74, 6) is 0.790. The Morgan fingerprint density at radius 3 is 3.07 bits per heavy atom. The first kappa shape index (κ1) is 12.5. The molecule has 0 spiro atoms. The van der Waals surface area contributed by atoms with E-state index < -0.39 is 0 Å². The fourth-order valence-electron chi connectivity index (χ4n) is 1.86. The molecule has 1 saturated heterocycles. The van der Waals surface area contributed by atoms with Crippen molar-refractivity contribution in [3.05, 3.63) is 0 Å². The molecular formula is C11H22N2O2. The predicted octanol–water partition coefficient (Wildman–Crippen LogP) is 0.527. The molecule has 0 bridgehead atoms. The van der Waals surface area contributed by atoms with Gasteiger partial charge in [-0.15, -0.1) is 0 Å². The molecule has 4 heteroatoms. The smallest absolute Gasteiger partial charge is 0.237 e. The molecule has 0 aliphatic carbocycles. The second kappa shape index (κ2) is 6.80. The summed E-state index contributed by atoms with van der Waals surface area (Å²) < 4.78 is 4.92. The summed E-state index contributed by atoms with van der Waals surface area (Å²) in [6.45, 7) is 4.57. The molecule has 15 heavy (non-hydrogen) atoms. The van der Waals surface area contributed by atoms with Gasteiger partial charge in [0.2, 0.25) is 5.91 Å². The number of nitrogens with one attached hydrogen (secondary N) is 2. The van der Waals surface area contributed by atoms with Gasteiger partial charge in [0.15, 0.2) is 0 Å². The van der Waals surface area contributed by atoms with Crippen LogP contribution in [-0.4, -0.2) is 38.8 Å². The lowest BCUT2D eigenvalue weighted by molar-refractivity contribution is -0.124. The second-order valence-electron chi connectivity index (χ2n) is 4.27. The number of carbonyl (C=O) groups is 1. The van der Waals surface area contributed by atoms with Crippen molar-refractivity contribution in [3.8, 4) is 0 Å². The van der Waals surface area contributed by atoms with Crippen molar-refractivity contribution in [1.29, 1.82) is 0 Å². The van der Waals surface area contributed by atoms with E-state index in [2.05, 4.69) is 17.6 Å². The standard InChI is InChI=1S/C11H22N2O2/c1-9-4-6-12-10(8-9)11(14)13-5-3-7-15-2/h9-10,12H,3-8H2,1-2H3,(H,13,14). The maximum atomic E-state index is 11.7. The SMILES string of the molecule is COCCCNC(=O)C1CC(C)CCN1. The summed E-state index contributed by atoms with van der Waals surface area (Å²) >= 11 is 0. The highest BCUT2D eigenvalue weighted by Crippen LogP contribution is 2.14. The molecule has 0 aromatic heterocycles. The molecule has 1 rings (SSSR count). The summed E-state index contributed by atoms with van der Waals surface area (Å²) in [6.07, 6.45) is 3.01. The van der Waals surface area contributed by atoms with Crippen LogP contribution in [0.5, 0.6) is 0 Å². The maximum absolute atomic E-state index is 11.7. The van der Waals surface area contributed by atoms with E-state index in [1.165, 1.54) is 6.42 Å². The van der Waals surface area contributed by atoms with E-state index in [-0.39, 0.29) is 11.9 Å². The lowest BCUT2D eigenvalue weighted by Gasteiger charge is -2.27. The van der Waals surface area contributed by atoms with Gasteiger partial charge in [0, 0.05) is 20.3 Å². The highest BCUT2D eigenvalue weighted by molar-refractivity contribution is 5.81. The molecule has 2 unspecified atom stereocenters. The van der Waals surface area contributed by atoms with Crippen molar-refractivity contribution < 1.29 is 9.53 Å². The molecule has 2 atom stereocenters. The van der Waals surface area contributed by atoms with Crippen molar-refractivity contribution in [3.63, 3.8) is 0 Å². The minimum atomic E-state index is 0.0105. The third-order valence-corrected chi connectivity index (χ3v) is 2.81. The predicted molar refractivity (Wildman–Crippen MR) is 59.7 cm³/mol. The van der Waals surface area contributed by atoms with E-state index in [1.807, 2.05) is 0 Å². The number of hydrogen-bond acceptors (Lipinski definition) is 3. The van der Waals surface area contributed by atoms with Gasteiger partial charge in [0.05, 0.1) is 6.04 Å². The summed E-state index contributed by atoms with van der Waals surface area (Å²) in [4.78, 5) is 11.7. The molecule has 1 aliphatic rings. The zero-order valence-corrected chi connectivity index (χ0v) is 9.71. The molecule has 2 N–H and O–H groups in total. The molecular weight excluding hydrogens is 192 g/mol. The van der Waals surface area contributed by atoms with Gasteiger partial charge in [-0.05, 0) is 31.7 Å². The normalized spacial score (nSPS) is 26.3. The minimum Gasteiger partial charge on any atom is -0.385 e. The van der Waals surface area contributed by atoms with E-state index in [4.69, 9.17) is 4.74 Å².